The lowest BCUT2D eigenvalue weighted by Gasteiger charge is -2.12. The molecule has 31 heavy (non-hydrogen) atoms. The van der Waals surface area contributed by atoms with Crippen LogP contribution in [0.5, 0.6) is 11.5 Å². The van der Waals surface area contributed by atoms with Crippen LogP contribution in [0.1, 0.15) is 30.1 Å². The molecule has 2 amide bonds. The van der Waals surface area contributed by atoms with E-state index in [0.717, 1.165) is 12.8 Å². The second kappa shape index (κ2) is 10.2. The number of amides is 2. The highest BCUT2D eigenvalue weighted by Gasteiger charge is 2.28. The molecule has 1 aliphatic rings. The number of nitrogens with zero attached hydrogens (tertiary/aromatic N) is 2. The molecule has 0 heterocycles. The van der Waals surface area contributed by atoms with Crippen LogP contribution in [0, 0.1) is 0 Å². The molecule has 1 fully saturated rings. The summed E-state index contributed by atoms with van der Waals surface area (Å²) in [6.07, 6.45) is 1.80. The summed E-state index contributed by atoms with van der Waals surface area (Å²) in [5.74, 6) is 5.09. The molecular weight excluding hydrogens is 398 g/mol. The van der Waals surface area contributed by atoms with Crippen LogP contribution in [0.3, 0.4) is 0 Å². The van der Waals surface area contributed by atoms with E-state index in [4.69, 9.17) is 10.6 Å². The highest BCUT2D eigenvalue weighted by molar-refractivity contribution is 6.67. The summed E-state index contributed by atoms with van der Waals surface area (Å²) < 4.78 is 5.73. The first-order valence-corrected chi connectivity index (χ1v) is 9.97. The van der Waals surface area contributed by atoms with Crippen LogP contribution >= 0.6 is 0 Å². The first kappa shape index (κ1) is 21.8. The van der Waals surface area contributed by atoms with Crippen molar-refractivity contribution >= 4 is 28.9 Å². The number of nitrogens with one attached hydrogen (secondary N) is 2. The quantitative estimate of drug-likeness (QED) is 0.277. The number of nitrogens with two attached hydrogens (primary N) is 1. The normalized spacial score (nSPS) is 14.1. The van der Waals surface area contributed by atoms with Crippen LogP contribution in [0.25, 0.3) is 0 Å². The van der Waals surface area contributed by atoms with Crippen LogP contribution in [0.2, 0.25) is 0 Å². The molecule has 5 N–H and O–H groups in total. The third-order valence-corrected chi connectivity index (χ3v) is 4.48. The van der Waals surface area contributed by atoms with Crippen LogP contribution in [0.4, 0.5) is 5.69 Å². The van der Waals surface area contributed by atoms with Gasteiger partial charge in [-0.3, -0.25) is 9.59 Å². The van der Waals surface area contributed by atoms with E-state index < -0.39 is 5.91 Å². The Morgan fingerprint density at radius 3 is 2.55 bits per heavy atom. The van der Waals surface area contributed by atoms with Crippen LogP contribution in [0.15, 0.2) is 58.6 Å². The van der Waals surface area contributed by atoms with Crippen molar-refractivity contribution in [1.29, 1.82) is 0 Å². The van der Waals surface area contributed by atoms with Gasteiger partial charge in [0.1, 0.15) is 29.5 Å². The second-order valence-electron chi connectivity index (χ2n) is 6.95. The first-order chi connectivity index (χ1) is 15.0. The number of ether oxygens (including phenoxy) is 1. The Kier molecular flexibility index (Phi) is 7.21. The van der Waals surface area contributed by atoms with Gasteiger partial charge in [-0.05, 0) is 50.1 Å². The van der Waals surface area contributed by atoms with Crippen LogP contribution in [-0.4, -0.2) is 47.5 Å². The summed E-state index contributed by atoms with van der Waals surface area (Å²) >= 11 is 0. The summed E-state index contributed by atoms with van der Waals surface area (Å²) in [6.45, 7) is 2.17. The molecule has 0 saturated heterocycles. The highest BCUT2D eigenvalue weighted by atomic mass is 16.5. The SMILES string of the molecule is CCNC(=O)c1ccc(N=C(COc2ccccc2)C(=NN)C(=O)NC2CC2)c(O)c1. The molecule has 2 aromatic rings. The van der Waals surface area contributed by atoms with E-state index in [1.165, 1.54) is 18.2 Å². The number of hydrogen-bond acceptors (Lipinski definition) is 7. The third kappa shape index (κ3) is 6.05. The number of benzene rings is 2. The van der Waals surface area contributed by atoms with Crippen molar-refractivity contribution in [3.63, 3.8) is 0 Å². The monoisotopic (exact) mass is 423 g/mol. The molecule has 1 aliphatic carbocycles. The average Bonchev–Trinajstić information content (AvgIpc) is 3.58. The van der Waals surface area contributed by atoms with Gasteiger partial charge in [0.2, 0.25) is 0 Å². The predicted octanol–water partition coefficient (Wildman–Crippen LogP) is 1.89. The molecule has 1 saturated carbocycles. The van der Waals surface area contributed by atoms with Crippen molar-refractivity contribution in [2.75, 3.05) is 13.2 Å². The van der Waals surface area contributed by atoms with Crippen molar-refractivity contribution in [3.05, 3.63) is 54.1 Å². The van der Waals surface area contributed by atoms with E-state index in [2.05, 4.69) is 20.7 Å². The molecule has 9 nitrogen and oxygen atoms in total. The van der Waals surface area contributed by atoms with Crippen LogP contribution < -0.4 is 21.2 Å². The number of aliphatic imine (C=N–C) groups is 1. The molecule has 0 aliphatic heterocycles. The lowest BCUT2D eigenvalue weighted by atomic mass is 10.1. The maximum Gasteiger partial charge on any atom is 0.273 e. The summed E-state index contributed by atoms with van der Waals surface area (Å²) in [5.41, 5.74) is 0.500. The number of rotatable bonds is 9. The van der Waals surface area contributed by atoms with Crippen molar-refractivity contribution in [2.24, 2.45) is 15.9 Å². The van der Waals surface area contributed by atoms with Gasteiger partial charge in [0.05, 0.1) is 0 Å². The lowest BCUT2D eigenvalue weighted by molar-refractivity contribution is -0.114. The third-order valence-electron chi connectivity index (χ3n) is 4.48. The van der Waals surface area contributed by atoms with Gasteiger partial charge in [-0.15, -0.1) is 0 Å². The predicted molar refractivity (Wildman–Crippen MR) is 118 cm³/mol. The van der Waals surface area contributed by atoms with E-state index in [9.17, 15) is 14.7 Å². The number of hydrazone groups is 1. The molecule has 2 aromatic carbocycles. The van der Waals surface area contributed by atoms with Gasteiger partial charge >= 0.3 is 0 Å². The minimum absolute atomic E-state index is 0.0879. The van der Waals surface area contributed by atoms with Gasteiger partial charge in [-0.2, -0.15) is 5.10 Å². The van der Waals surface area contributed by atoms with E-state index in [1.807, 2.05) is 18.2 Å². The molecule has 0 unspecified atom stereocenters. The minimum atomic E-state index is -0.459. The fourth-order valence-corrected chi connectivity index (χ4v) is 2.73. The minimum Gasteiger partial charge on any atom is -0.506 e. The standard InChI is InChI=1S/C22H25N5O4/c1-2-24-21(29)14-8-11-17(19(28)12-14)26-18(13-31-16-6-4-3-5-7-16)20(27-23)22(30)25-15-9-10-15/h3-8,11-12,15,28H,2,9-10,13,23H2,1H3,(H,24,29)(H,25,30). The van der Waals surface area contributed by atoms with Crippen molar-refractivity contribution in [3.8, 4) is 11.5 Å². The Hall–Kier alpha value is -3.88. The number of aromatic hydroxyl groups is 1. The summed E-state index contributed by atoms with van der Waals surface area (Å²) in [5, 5.41) is 19.5. The Morgan fingerprint density at radius 1 is 1.19 bits per heavy atom. The van der Waals surface area contributed by atoms with E-state index in [-0.39, 0.29) is 41.4 Å². The Morgan fingerprint density at radius 2 is 1.94 bits per heavy atom. The van der Waals surface area contributed by atoms with Gasteiger partial charge in [-0.1, -0.05) is 18.2 Å². The van der Waals surface area contributed by atoms with Crippen LogP contribution in [-0.2, 0) is 4.79 Å². The molecular formula is C22H25N5O4. The maximum atomic E-state index is 12.6. The zero-order chi connectivity index (χ0) is 22.2. The van der Waals surface area contributed by atoms with E-state index >= 15 is 0 Å². The van der Waals surface area contributed by atoms with Gasteiger partial charge in [0, 0.05) is 18.2 Å². The number of carbonyl (C=O) groups excluding carboxylic acids is 2. The fraction of sp³-hybridized carbons (Fsp3) is 0.273. The number of hydrogen-bond donors (Lipinski definition) is 4. The Balaban J connectivity index is 1.89. The topological polar surface area (TPSA) is 138 Å². The van der Waals surface area contributed by atoms with Gasteiger partial charge in [-0.25, -0.2) is 4.99 Å². The largest absolute Gasteiger partial charge is 0.506 e. The fourth-order valence-electron chi connectivity index (χ4n) is 2.73. The first-order valence-electron chi connectivity index (χ1n) is 9.97. The Bertz CT molecular complexity index is 1000. The molecule has 0 spiro atoms. The molecule has 3 rings (SSSR count). The van der Waals surface area contributed by atoms with E-state index in [0.29, 0.717) is 17.9 Å². The Labute approximate surface area is 180 Å². The number of para-hydroxylation sites is 1. The van der Waals surface area contributed by atoms with Gasteiger partial charge in [0.25, 0.3) is 11.8 Å². The maximum absolute atomic E-state index is 12.6. The smallest absolute Gasteiger partial charge is 0.273 e. The molecule has 0 atom stereocenters. The number of phenols is 1. The lowest BCUT2D eigenvalue weighted by Crippen LogP contribution is -2.39. The summed E-state index contributed by atoms with van der Waals surface area (Å²) in [7, 11) is 0. The summed E-state index contributed by atoms with van der Waals surface area (Å²) in [4.78, 5) is 28.9. The van der Waals surface area contributed by atoms with Crippen molar-refractivity contribution in [2.45, 2.75) is 25.8 Å². The summed E-state index contributed by atoms with van der Waals surface area (Å²) in [6, 6.07) is 13.4. The van der Waals surface area contributed by atoms with Gasteiger partial charge < -0.3 is 26.3 Å². The molecule has 0 bridgehead atoms. The molecule has 0 radical (unpaired) electrons. The number of phenolic OH excluding ortho intramolecular Hbond substituents is 1. The average molecular weight is 423 g/mol. The molecule has 9 heteroatoms. The van der Waals surface area contributed by atoms with Crippen molar-refractivity contribution < 1.29 is 19.4 Å². The van der Waals surface area contributed by atoms with Crippen molar-refractivity contribution in [1.82, 2.24) is 10.6 Å². The zero-order valence-corrected chi connectivity index (χ0v) is 17.2. The van der Waals surface area contributed by atoms with Gasteiger partial charge in [0.15, 0.2) is 5.71 Å². The second-order valence-corrected chi connectivity index (χ2v) is 6.95. The highest BCUT2D eigenvalue weighted by Crippen LogP contribution is 2.28. The van der Waals surface area contributed by atoms with E-state index in [1.54, 1.807) is 19.1 Å². The molecule has 162 valence electrons. The zero-order valence-electron chi connectivity index (χ0n) is 17.2. The molecule has 0 aromatic heterocycles. The number of carbonyl (C=O) groups is 2.